The van der Waals surface area contributed by atoms with Gasteiger partial charge in [-0.2, -0.15) is 0 Å². The Morgan fingerprint density at radius 2 is 1.85 bits per heavy atom. The van der Waals surface area contributed by atoms with Gasteiger partial charge in [-0.1, -0.05) is 20.8 Å². The molecule has 0 N–H and O–H groups in total. The highest BCUT2D eigenvalue weighted by atomic mass is 35.5. The molecule has 0 bridgehead atoms. The molecule has 2 heteroatoms. The fourth-order valence-corrected chi connectivity index (χ4v) is 1.93. The summed E-state index contributed by atoms with van der Waals surface area (Å²) in [4.78, 5) is 2.55. The molecular formula is C11H22ClN. The normalized spacial score (nSPS) is 25.8. The highest BCUT2D eigenvalue weighted by molar-refractivity contribution is 6.18. The Labute approximate surface area is 87.4 Å². The zero-order valence-electron chi connectivity index (χ0n) is 9.15. The predicted octanol–water partition coefficient (Wildman–Crippen LogP) is 2.98. The Morgan fingerprint density at radius 3 is 2.31 bits per heavy atom. The highest BCUT2D eigenvalue weighted by Gasteiger charge is 2.25. The lowest BCUT2D eigenvalue weighted by Crippen LogP contribution is -2.39. The van der Waals surface area contributed by atoms with Crippen LogP contribution in [-0.4, -0.2) is 30.4 Å². The molecule has 1 rings (SSSR count). The third-order valence-corrected chi connectivity index (χ3v) is 3.57. The van der Waals surface area contributed by atoms with E-state index in [1.165, 1.54) is 32.5 Å². The van der Waals surface area contributed by atoms with Crippen LogP contribution in [0.2, 0.25) is 0 Å². The molecule has 0 aromatic heterocycles. The van der Waals surface area contributed by atoms with Gasteiger partial charge in [0, 0.05) is 12.4 Å². The second kappa shape index (κ2) is 4.65. The fraction of sp³-hybridized carbons (Fsp3) is 1.00. The first-order chi connectivity index (χ1) is 6.03. The summed E-state index contributed by atoms with van der Waals surface area (Å²) in [6.07, 6.45) is 2.67. The van der Waals surface area contributed by atoms with Gasteiger partial charge in [0.2, 0.25) is 0 Å². The number of halogens is 1. The van der Waals surface area contributed by atoms with Crippen LogP contribution in [0.15, 0.2) is 0 Å². The van der Waals surface area contributed by atoms with Crippen LogP contribution in [0, 0.1) is 11.3 Å². The summed E-state index contributed by atoms with van der Waals surface area (Å²) in [5.41, 5.74) is 0.570. The van der Waals surface area contributed by atoms with Gasteiger partial charge in [0.25, 0.3) is 0 Å². The van der Waals surface area contributed by atoms with Crippen LogP contribution in [0.5, 0.6) is 0 Å². The second-order valence-corrected chi connectivity index (χ2v) is 5.53. The summed E-state index contributed by atoms with van der Waals surface area (Å²) in [5, 5.41) is 0. The van der Waals surface area contributed by atoms with E-state index in [1.807, 2.05) is 0 Å². The van der Waals surface area contributed by atoms with E-state index in [1.54, 1.807) is 0 Å². The van der Waals surface area contributed by atoms with Crippen molar-refractivity contribution in [2.24, 2.45) is 11.3 Å². The average Bonchev–Trinajstić information content (AvgIpc) is 2.08. The van der Waals surface area contributed by atoms with Gasteiger partial charge in [-0.05, 0) is 37.3 Å². The van der Waals surface area contributed by atoms with Gasteiger partial charge in [0.15, 0.2) is 0 Å². The quantitative estimate of drug-likeness (QED) is 0.638. The molecule has 13 heavy (non-hydrogen) atoms. The Balaban J connectivity index is 2.25. The third kappa shape index (κ3) is 3.86. The molecule has 1 aliphatic rings. The molecule has 78 valence electrons. The van der Waals surface area contributed by atoms with Crippen LogP contribution in [0.4, 0.5) is 0 Å². The molecule has 1 saturated heterocycles. The molecule has 0 aliphatic carbocycles. The summed E-state index contributed by atoms with van der Waals surface area (Å²) < 4.78 is 0. The van der Waals surface area contributed by atoms with Crippen molar-refractivity contribution in [1.82, 2.24) is 4.90 Å². The summed E-state index contributed by atoms with van der Waals surface area (Å²) in [6, 6.07) is 0. The molecule has 0 spiro atoms. The van der Waals surface area contributed by atoms with Crippen LogP contribution < -0.4 is 0 Å². The largest absolute Gasteiger partial charge is 0.303 e. The third-order valence-electron chi connectivity index (χ3n) is 3.04. The average molecular weight is 204 g/mol. The van der Waals surface area contributed by atoms with Crippen LogP contribution >= 0.6 is 11.6 Å². The highest BCUT2D eigenvalue weighted by Crippen LogP contribution is 2.29. The maximum absolute atomic E-state index is 5.80. The van der Waals surface area contributed by atoms with Gasteiger partial charge in [0.1, 0.15) is 0 Å². The van der Waals surface area contributed by atoms with E-state index in [2.05, 4.69) is 25.7 Å². The van der Waals surface area contributed by atoms with Crippen molar-refractivity contribution in [2.45, 2.75) is 33.6 Å². The summed E-state index contributed by atoms with van der Waals surface area (Å²) >= 11 is 5.80. The number of alkyl halides is 1. The van der Waals surface area contributed by atoms with Gasteiger partial charge in [-0.3, -0.25) is 0 Å². The van der Waals surface area contributed by atoms with E-state index in [9.17, 15) is 0 Å². The Hall–Kier alpha value is 0.250. The van der Waals surface area contributed by atoms with Crippen molar-refractivity contribution in [3.05, 3.63) is 0 Å². The minimum atomic E-state index is 0.570. The minimum absolute atomic E-state index is 0.570. The lowest BCUT2D eigenvalue weighted by Gasteiger charge is -2.37. The number of piperidine rings is 1. The molecule has 0 aromatic carbocycles. The maximum atomic E-state index is 5.80. The molecule has 1 fully saturated rings. The van der Waals surface area contributed by atoms with E-state index in [0.29, 0.717) is 11.3 Å². The van der Waals surface area contributed by atoms with E-state index in [0.717, 1.165) is 5.88 Å². The maximum Gasteiger partial charge on any atom is 0.0261 e. The molecule has 0 saturated carbocycles. The molecule has 1 aliphatic heterocycles. The van der Waals surface area contributed by atoms with Gasteiger partial charge in [-0.25, -0.2) is 0 Å². The van der Waals surface area contributed by atoms with Gasteiger partial charge >= 0.3 is 0 Å². The zero-order chi connectivity index (χ0) is 9.90. The first-order valence-corrected chi connectivity index (χ1v) is 5.85. The monoisotopic (exact) mass is 203 g/mol. The van der Waals surface area contributed by atoms with E-state index >= 15 is 0 Å². The summed E-state index contributed by atoms with van der Waals surface area (Å²) in [5.74, 6) is 1.43. The lowest BCUT2D eigenvalue weighted by molar-refractivity contribution is 0.122. The van der Waals surface area contributed by atoms with Crippen molar-refractivity contribution < 1.29 is 0 Å². The van der Waals surface area contributed by atoms with E-state index in [-0.39, 0.29) is 0 Å². The predicted molar refractivity (Wildman–Crippen MR) is 59.3 cm³/mol. The smallest absolute Gasteiger partial charge is 0.0261 e. The van der Waals surface area contributed by atoms with Crippen molar-refractivity contribution >= 4 is 11.6 Å². The van der Waals surface area contributed by atoms with Crippen molar-refractivity contribution in [2.75, 3.05) is 25.5 Å². The number of nitrogens with zero attached hydrogens (tertiary/aromatic N) is 1. The van der Waals surface area contributed by atoms with Gasteiger partial charge in [-0.15, -0.1) is 11.6 Å². The lowest BCUT2D eigenvalue weighted by atomic mass is 9.82. The first-order valence-electron chi connectivity index (χ1n) is 5.32. The van der Waals surface area contributed by atoms with Crippen molar-refractivity contribution in [1.29, 1.82) is 0 Å². The molecule has 1 heterocycles. The first kappa shape index (κ1) is 11.3. The Kier molecular flexibility index (Phi) is 4.06. The number of hydrogen-bond acceptors (Lipinski definition) is 1. The fourth-order valence-electron chi connectivity index (χ4n) is 1.83. The molecule has 0 aromatic rings. The molecule has 0 amide bonds. The standard InChI is InChI=1S/C11H22ClN/c1-10(8-12)9-13-6-4-11(2,3)5-7-13/h10H,4-9H2,1-3H3. The van der Waals surface area contributed by atoms with Crippen molar-refractivity contribution in [3.63, 3.8) is 0 Å². The Bertz CT molecular complexity index is 146. The SMILES string of the molecule is CC(CCl)CN1CCC(C)(C)CC1. The zero-order valence-corrected chi connectivity index (χ0v) is 9.90. The molecular weight excluding hydrogens is 182 g/mol. The summed E-state index contributed by atoms with van der Waals surface area (Å²) in [7, 11) is 0. The van der Waals surface area contributed by atoms with E-state index in [4.69, 9.17) is 11.6 Å². The Morgan fingerprint density at radius 1 is 1.31 bits per heavy atom. The number of rotatable bonds is 3. The van der Waals surface area contributed by atoms with Crippen LogP contribution in [0.3, 0.4) is 0 Å². The number of likely N-dealkylation sites (tertiary alicyclic amines) is 1. The van der Waals surface area contributed by atoms with Crippen LogP contribution in [-0.2, 0) is 0 Å². The second-order valence-electron chi connectivity index (χ2n) is 5.22. The molecule has 1 atom stereocenters. The molecule has 0 radical (unpaired) electrons. The van der Waals surface area contributed by atoms with Crippen LogP contribution in [0.1, 0.15) is 33.6 Å². The molecule has 1 nitrogen and oxygen atoms in total. The molecule has 1 unspecified atom stereocenters. The van der Waals surface area contributed by atoms with Crippen LogP contribution in [0.25, 0.3) is 0 Å². The number of hydrogen-bond donors (Lipinski definition) is 0. The summed E-state index contributed by atoms with van der Waals surface area (Å²) in [6.45, 7) is 10.7. The minimum Gasteiger partial charge on any atom is -0.303 e. The van der Waals surface area contributed by atoms with Crippen molar-refractivity contribution in [3.8, 4) is 0 Å². The topological polar surface area (TPSA) is 3.24 Å². The van der Waals surface area contributed by atoms with E-state index < -0.39 is 0 Å². The van der Waals surface area contributed by atoms with Gasteiger partial charge in [0.05, 0.1) is 0 Å². The van der Waals surface area contributed by atoms with Gasteiger partial charge < -0.3 is 4.90 Å².